The van der Waals surface area contributed by atoms with Crippen molar-refractivity contribution in [1.29, 1.82) is 0 Å². The van der Waals surface area contributed by atoms with E-state index in [9.17, 15) is 19.4 Å². The smallest absolute Gasteiger partial charge is 0.387 e. The number of amides is 1. The van der Waals surface area contributed by atoms with E-state index >= 15 is 0 Å². The predicted octanol–water partition coefficient (Wildman–Crippen LogP) is 17.2. The first-order valence-electron chi connectivity index (χ1n) is 28.7. The number of carbonyl (C=O) groups excluding carboxylic acids is 1. The van der Waals surface area contributed by atoms with Crippen LogP contribution in [-0.4, -0.2) is 73.4 Å². The molecule has 0 aromatic carbocycles. The molecular formula is C57H114N2O6P+. The van der Waals surface area contributed by atoms with Gasteiger partial charge in [0.15, 0.2) is 0 Å². The third-order valence-corrected chi connectivity index (χ3v) is 14.1. The Bertz CT molecular complexity index is 1130. The summed E-state index contributed by atoms with van der Waals surface area (Å²) in [5.41, 5.74) is 0. The molecule has 8 nitrogen and oxygen atoms in total. The van der Waals surface area contributed by atoms with Gasteiger partial charge in [-0.3, -0.25) is 13.8 Å². The topological polar surface area (TPSA) is 105 Å². The molecule has 392 valence electrons. The first-order valence-corrected chi connectivity index (χ1v) is 30.2. The molecule has 0 aliphatic carbocycles. The average molecular weight is 955 g/mol. The summed E-state index contributed by atoms with van der Waals surface area (Å²) in [6, 6.07) is -0.847. The number of quaternary nitrogens is 1. The van der Waals surface area contributed by atoms with Gasteiger partial charge in [0.2, 0.25) is 5.91 Å². The van der Waals surface area contributed by atoms with Crippen LogP contribution in [0.1, 0.15) is 284 Å². The number of carbonyl (C=O) groups is 1. The van der Waals surface area contributed by atoms with E-state index in [4.69, 9.17) is 9.05 Å². The van der Waals surface area contributed by atoms with Crippen molar-refractivity contribution in [2.45, 2.75) is 296 Å². The number of nitrogens with zero attached hydrogens (tertiary/aromatic N) is 1. The second-order valence-corrected chi connectivity index (χ2v) is 22.5. The van der Waals surface area contributed by atoms with Crippen LogP contribution < -0.4 is 5.32 Å². The van der Waals surface area contributed by atoms with Gasteiger partial charge in [0, 0.05) is 6.42 Å². The Morgan fingerprint density at radius 3 is 1.17 bits per heavy atom. The summed E-state index contributed by atoms with van der Waals surface area (Å²) < 4.78 is 23.7. The second kappa shape index (κ2) is 49.0. The molecule has 9 heteroatoms. The highest BCUT2D eigenvalue weighted by atomic mass is 31.2. The molecule has 1 amide bonds. The van der Waals surface area contributed by atoms with Gasteiger partial charge >= 0.3 is 7.82 Å². The molecule has 0 saturated heterocycles. The summed E-state index contributed by atoms with van der Waals surface area (Å²) in [5, 5.41) is 13.9. The van der Waals surface area contributed by atoms with Crippen molar-refractivity contribution in [3.63, 3.8) is 0 Å². The van der Waals surface area contributed by atoms with Gasteiger partial charge in [-0.2, -0.15) is 0 Å². The lowest BCUT2D eigenvalue weighted by molar-refractivity contribution is -0.870. The van der Waals surface area contributed by atoms with Crippen molar-refractivity contribution in [1.82, 2.24) is 5.32 Å². The van der Waals surface area contributed by atoms with Crippen molar-refractivity contribution >= 4 is 13.7 Å². The van der Waals surface area contributed by atoms with Gasteiger partial charge in [0.25, 0.3) is 0 Å². The number of allylic oxidation sites excluding steroid dienone is 3. The minimum Gasteiger partial charge on any atom is -0.387 e. The number of hydrogen-bond donors (Lipinski definition) is 3. The third-order valence-electron chi connectivity index (χ3n) is 13.2. The number of aliphatic hydroxyl groups excluding tert-OH is 1. The molecule has 0 aliphatic rings. The molecule has 3 N–H and O–H groups in total. The molecule has 0 aromatic rings. The van der Waals surface area contributed by atoms with Crippen LogP contribution in [0.2, 0.25) is 0 Å². The number of hydrogen-bond acceptors (Lipinski definition) is 5. The van der Waals surface area contributed by atoms with Gasteiger partial charge in [0.1, 0.15) is 13.2 Å². The Labute approximate surface area is 411 Å². The van der Waals surface area contributed by atoms with Crippen LogP contribution in [0.4, 0.5) is 0 Å². The van der Waals surface area contributed by atoms with E-state index in [-0.39, 0.29) is 19.1 Å². The summed E-state index contributed by atoms with van der Waals surface area (Å²) in [6.45, 7) is 4.84. The number of phosphoric acid groups is 1. The zero-order chi connectivity index (χ0) is 48.5. The van der Waals surface area contributed by atoms with Gasteiger partial charge in [-0.1, -0.05) is 256 Å². The molecule has 0 aromatic heterocycles. The molecule has 0 fully saturated rings. The highest BCUT2D eigenvalue weighted by Gasteiger charge is 2.27. The van der Waals surface area contributed by atoms with Crippen molar-refractivity contribution in [2.24, 2.45) is 0 Å². The lowest BCUT2D eigenvalue weighted by Crippen LogP contribution is -2.45. The summed E-state index contributed by atoms with van der Waals surface area (Å²) >= 11 is 0. The van der Waals surface area contributed by atoms with Gasteiger partial charge in [0.05, 0.1) is 39.9 Å². The number of rotatable bonds is 53. The van der Waals surface area contributed by atoms with E-state index < -0.39 is 20.0 Å². The van der Waals surface area contributed by atoms with E-state index in [1.807, 2.05) is 27.2 Å². The fourth-order valence-corrected chi connectivity index (χ4v) is 9.36. The Balaban J connectivity index is 4.17. The van der Waals surface area contributed by atoms with E-state index in [0.717, 1.165) is 38.5 Å². The van der Waals surface area contributed by atoms with Crippen LogP contribution in [-0.2, 0) is 18.4 Å². The van der Waals surface area contributed by atoms with E-state index in [2.05, 4.69) is 31.3 Å². The highest BCUT2D eigenvalue weighted by molar-refractivity contribution is 7.47. The maximum absolute atomic E-state index is 13.0. The maximum Gasteiger partial charge on any atom is 0.472 e. The van der Waals surface area contributed by atoms with Crippen LogP contribution in [0.15, 0.2) is 24.3 Å². The molecule has 66 heavy (non-hydrogen) atoms. The van der Waals surface area contributed by atoms with Gasteiger partial charge in [-0.25, -0.2) is 4.57 Å². The summed E-state index contributed by atoms with van der Waals surface area (Å²) in [4.78, 5) is 23.3. The largest absolute Gasteiger partial charge is 0.472 e. The molecular weight excluding hydrogens is 840 g/mol. The predicted molar refractivity (Wildman–Crippen MR) is 286 cm³/mol. The monoisotopic (exact) mass is 954 g/mol. The third kappa shape index (κ3) is 50.8. The van der Waals surface area contributed by atoms with Crippen LogP contribution in [0.3, 0.4) is 0 Å². The summed E-state index contributed by atoms with van der Waals surface area (Å²) in [5.74, 6) is -0.178. The van der Waals surface area contributed by atoms with Crippen LogP contribution in [0.25, 0.3) is 0 Å². The van der Waals surface area contributed by atoms with Crippen LogP contribution in [0, 0.1) is 0 Å². The zero-order valence-corrected chi connectivity index (χ0v) is 45.6. The lowest BCUT2D eigenvalue weighted by atomic mass is 10.0. The number of unbranched alkanes of at least 4 members (excludes halogenated alkanes) is 38. The second-order valence-electron chi connectivity index (χ2n) is 21.0. The average Bonchev–Trinajstić information content (AvgIpc) is 3.28. The molecule has 3 unspecified atom stereocenters. The van der Waals surface area contributed by atoms with Crippen molar-refractivity contribution in [3.05, 3.63) is 24.3 Å². The quantitative estimate of drug-likeness (QED) is 0.0243. The van der Waals surface area contributed by atoms with Crippen molar-refractivity contribution in [3.8, 4) is 0 Å². The van der Waals surface area contributed by atoms with E-state index in [1.165, 1.54) is 225 Å². The first kappa shape index (κ1) is 65.0. The number of nitrogens with one attached hydrogen (secondary N) is 1. The number of phosphoric ester groups is 1. The molecule has 0 saturated carbocycles. The Morgan fingerprint density at radius 2 is 0.818 bits per heavy atom. The minimum absolute atomic E-state index is 0.0622. The van der Waals surface area contributed by atoms with Crippen molar-refractivity contribution in [2.75, 3.05) is 40.9 Å². The molecule has 0 radical (unpaired) electrons. The zero-order valence-electron chi connectivity index (χ0n) is 44.7. The Morgan fingerprint density at radius 1 is 0.500 bits per heavy atom. The Kier molecular flexibility index (Phi) is 48.2. The molecule has 0 aliphatic heterocycles. The van der Waals surface area contributed by atoms with Gasteiger partial charge in [-0.15, -0.1) is 0 Å². The molecule has 0 rings (SSSR count). The number of likely N-dealkylation sites (N-methyl/N-ethyl adjacent to an activating group) is 1. The fraction of sp³-hybridized carbons (Fsp3) is 0.912. The fourth-order valence-electron chi connectivity index (χ4n) is 8.63. The first-order chi connectivity index (χ1) is 32.0. The highest BCUT2D eigenvalue weighted by Crippen LogP contribution is 2.43. The van der Waals surface area contributed by atoms with Gasteiger partial charge < -0.3 is 19.8 Å². The van der Waals surface area contributed by atoms with Gasteiger partial charge in [-0.05, 0) is 44.9 Å². The molecule has 0 bridgehead atoms. The standard InChI is InChI=1S/C57H113N2O6P/c1-6-8-10-12-14-16-18-20-22-24-25-26-27-28-29-30-31-32-33-35-36-38-40-42-44-46-48-50-56(60)55(54-65-66(62,63)64-53-52-59(3,4)5)58-57(61)51-49-47-45-43-41-39-37-34-23-21-19-17-15-13-11-9-7-2/h21,23,48,50,55-56,60H,6-20,22,24-47,49,51-54H2,1-5H3,(H-,58,61,62,63)/p+1/b23-21-,50-48+. The molecule has 3 atom stereocenters. The van der Waals surface area contributed by atoms with Crippen LogP contribution in [0.5, 0.6) is 0 Å². The summed E-state index contributed by atoms with van der Waals surface area (Å²) in [6.07, 6.45) is 61.3. The van der Waals surface area contributed by atoms with Crippen molar-refractivity contribution < 1.29 is 32.9 Å². The van der Waals surface area contributed by atoms with E-state index in [0.29, 0.717) is 17.4 Å². The lowest BCUT2D eigenvalue weighted by Gasteiger charge is -2.25. The van der Waals surface area contributed by atoms with Crippen LogP contribution >= 0.6 is 7.82 Å². The maximum atomic E-state index is 13.0. The Hall–Kier alpha value is -1.02. The summed E-state index contributed by atoms with van der Waals surface area (Å²) in [7, 11) is 1.58. The number of aliphatic hydroxyl groups is 1. The molecule has 0 spiro atoms. The SMILES string of the molecule is CCCCCCCC/C=C\CCCCCCCCCC(=O)NC(COP(=O)(O)OCC[N+](C)(C)C)C(O)/C=C/CCCCCCCCCCCCCCCCCCCCCCCCCCC. The van der Waals surface area contributed by atoms with E-state index in [1.54, 1.807) is 6.08 Å². The molecule has 0 heterocycles. The normalized spacial score (nSPS) is 14.1. The minimum atomic E-state index is -4.34.